The third-order valence-electron chi connectivity index (χ3n) is 5.47. The molecule has 1 aliphatic rings. The van der Waals surface area contributed by atoms with Crippen LogP contribution in [-0.2, 0) is 22.2 Å². The predicted octanol–water partition coefficient (Wildman–Crippen LogP) is 3.98. The molecule has 0 spiro atoms. The molecule has 3 aromatic rings. The van der Waals surface area contributed by atoms with Crippen LogP contribution >= 0.6 is 0 Å². The quantitative estimate of drug-likeness (QED) is 0.370. The van der Waals surface area contributed by atoms with Crippen LogP contribution in [-0.4, -0.2) is 34.4 Å². The molecule has 34 heavy (non-hydrogen) atoms. The highest BCUT2D eigenvalue weighted by Gasteiger charge is 2.33. The number of hydrogen-bond acceptors (Lipinski definition) is 3. The lowest BCUT2D eigenvalue weighted by Gasteiger charge is -2.10. The van der Waals surface area contributed by atoms with Crippen LogP contribution < -0.4 is 10.6 Å². The number of hydrogen-bond donors (Lipinski definition) is 3. The maximum absolute atomic E-state index is 14.5. The Morgan fingerprint density at radius 3 is 2.47 bits per heavy atom. The van der Waals surface area contributed by atoms with Gasteiger partial charge in [0.15, 0.2) is 0 Å². The van der Waals surface area contributed by atoms with Gasteiger partial charge in [-0.15, -0.1) is 0 Å². The Balaban J connectivity index is 1.62. The minimum atomic E-state index is -4.79. The monoisotopic (exact) mass is 478 g/mol. The number of halogens is 5. The minimum Gasteiger partial charge on any atom is -0.354 e. The van der Waals surface area contributed by atoms with Crippen LogP contribution in [0.25, 0.3) is 22.5 Å². The van der Waals surface area contributed by atoms with Gasteiger partial charge in [0.05, 0.1) is 11.3 Å². The fourth-order valence-electron chi connectivity index (χ4n) is 3.75. The minimum absolute atomic E-state index is 0.00299. The molecule has 6 nitrogen and oxygen atoms in total. The summed E-state index contributed by atoms with van der Waals surface area (Å²) >= 11 is 0. The summed E-state index contributed by atoms with van der Waals surface area (Å²) in [5.41, 5.74) is 0.177. The second-order valence-electron chi connectivity index (χ2n) is 7.82. The molecule has 1 aromatic carbocycles. The number of amides is 2. The highest BCUT2D eigenvalue weighted by atomic mass is 19.4. The number of aromatic nitrogens is 2. The molecule has 0 saturated carbocycles. The van der Waals surface area contributed by atoms with Gasteiger partial charge in [-0.3, -0.25) is 9.59 Å². The van der Waals surface area contributed by atoms with E-state index in [0.717, 1.165) is 6.07 Å². The maximum Gasteiger partial charge on any atom is 0.433 e. The Morgan fingerprint density at radius 1 is 1.12 bits per heavy atom. The number of H-pyrrole nitrogens is 1. The van der Waals surface area contributed by atoms with Crippen LogP contribution in [0.5, 0.6) is 0 Å². The average molecular weight is 478 g/mol. The molecule has 0 aliphatic carbocycles. The van der Waals surface area contributed by atoms with Crippen molar-refractivity contribution >= 4 is 11.8 Å². The zero-order chi connectivity index (χ0) is 24.5. The molecule has 1 fully saturated rings. The first kappa shape index (κ1) is 23.4. The van der Waals surface area contributed by atoms with Crippen molar-refractivity contribution in [3.63, 3.8) is 0 Å². The first-order chi connectivity index (χ1) is 16.1. The summed E-state index contributed by atoms with van der Waals surface area (Å²) in [7, 11) is 0. The van der Waals surface area contributed by atoms with E-state index in [1.54, 1.807) is 0 Å². The largest absolute Gasteiger partial charge is 0.433 e. The zero-order valence-corrected chi connectivity index (χ0v) is 17.6. The second-order valence-corrected chi connectivity index (χ2v) is 7.82. The average Bonchev–Trinajstić information content (AvgIpc) is 3.38. The smallest absolute Gasteiger partial charge is 0.354 e. The van der Waals surface area contributed by atoms with Gasteiger partial charge in [0.2, 0.25) is 17.8 Å². The summed E-state index contributed by atoms with van der Waals surface area (Å²) in [6.07, 6.45) is -4.12. The van der Waals surface area contributed by atoms with Gasteiger partial charge in [-0.25, -0.2) is 9.37 Å². The van der Waals surface area contributed by atoms with Crippen molar-refractivity contribution in [3.8, 4) is 22.5 Å². The molecule has 0 bridgehead atoms. The van der Waals surface area contributed by atoms with Crippen LogP contribution in [0.3, 0.4) is 0 Å². The van der Waals surface area contributed by atoms with E-state index in [1.807, 2.05) is 0 Å². The highest BCUT2D eigenvalue weighted by molar-refractivity contribution is 5.89. The van der Waals surface area contributed by atoms with Crippen molar-refractivity contribution in [1.29, 1.82) is 0 Å². The summed E-state index contributed by atoms with van der Waals surface area (Å²) in [5.74, 6) is -2.39. The molecule has 0 radical (unpaired) electrons. The van der Waals surface area contributed by atoms with Crippen molar-refractivity contribution in [1.82, 2.24) is 20.6 Å². The van der Waals surface area contributed by atoms with Gasteiger partial charge < -0.3 is 15.6 Å². The van der Waals surface area contributed by atoms with E-state index in [-0.39, 0.29) is 35.9 Å². The number of alkyl halides is 3. The molecular weight excluding hydrogens is 459 g/mol. The number of carbonyl (C=O) groups is 2. The van der Waals surface area contributed by atoms with E-state index in [0.29, 0.717) is 35.9 Å². The van der Waals surface area contributed by atoms with E-state index in [9.17, 15) is 31.5 Å². The third kappa shape index (κ3) is 5.08. The number of rotatable bonds is 6. The van der Waals surface area contributed by atoms with Crippen molar-refractivity contribution in [2.75, 3.05) is 6.54 Å². The number of carbonyl (C=O) groups excluding carboxylic acids is 2. The van der Waals surface area contributed by atoms with Crippen LogP contribution in [0, 0.1) is 11.8 Å². The normalized spacial score (nSPS) is 15.9. The second kappa shape index (κ2) is 9.24. The molecule has 3 N–H and O–H groups in total. The van der Waals surface area contributed by atoms with E-state index in [4.69, 9.17) is 0 Å². The molecule has 2 aromatic heterocycles. The Hall–Kier alpha value is -3.76. The van der Waals surface area contributed by atoms with Crippen molar-refractivity contribution < 1.29 is 31.5 Å². The van der Waals surface area contributed by atoms with Crippen molar-refractivity contribution in [2.45, 2.75) is 31.5 Å². The van der Waals surface area contributed by atoms with Crippen LogP contribution in [0.4, 0.5) is 22.0 Å². The summed E-state index contributed by atoms with van der Waals surface area (Å²) in [5, 5.41) is 5.27. The molecule has 3 heterocycles. The number of benzene rings is 1. The molecule has 4 rings (SSSR count). The fourth-order valence-corrected chi connectivity index (χ4v) is 3.75. The Kier molecular flexibility index (Phi) is 6.36. The predicted molar refractivity (Wildman–Crippen MR) is 112 cm³/mol. The third-order valence-corrected chi connectivity index (χ3v) is 5.47. The molecule has 1 aliphatic heterocycles. The van der Waals surface area contributed by atoms with Gasteiger partial charge >= 0.3 is 6.18 Å². The Morgan fingerprint density at radius 2 is 1.85 bits per heavy atom. The Bertz CT molecular complexity index is 1220. The number of aromatic amines is 1. The highest BCUT2D eigenvalue weighted by Crippen LogP contribution is 2.33. The van der Waals surface area contributed by atoms with Gasteiger partial charge in [-0.1, -0.05) is 0 Å². The number of pyridine rings is 1. The topological polar surface area (TPSA) is 86.9 Å². The van der Waals surface area contributed by atoms with Crippen molar-refractivity contribution in [2.24, 2.45) is 0 Å². The fraction of sp³-hybridized carbons (Fsp3) is 0.261. The number of aryl methyl sites for hydroxylation is 1. The van der Waals surface area contributed by atoms with E-state index >= 15 is 0 Å². The van der Waals surface area contributed by atoms with Gasteiger partial charge in [-0.05, 0) is 66.4 Å². The summed E-state index contributed by atoms with van der Waals surface area (Å²) in [6.45, 7) is 0.479. The van der Waals surface area contributed by atoms with Crippen LogP contribution in [0.15, 0.2) is 42.5 Å². The van der Waals surface area contributed by atoms with Crippen LogP contribution in [0.1, 0.15) is 24.1 Å². The number of nitrogens with one attached hydrogen (secondary N) is 3. The van der Waals surface area contributed by atoms with Crippen LogP contribution in [0.2, 0.25) is 0 Å². The van der Waals surface area contributed by atoms with E-state index in [2.05, 4.69) is 20.6 Å². The molecule has 178 valence electrons. The lowest BCUT2D eigenvalue weighted by molar-refractivity contribution is -0.141. The first-order valence-electron chi connectivity index (χ1n) is 10.4. The van der Waals surface area contributed by atoms with Crippen molar-refractivity contribution in [3.05, 3.63) is 65.5 Å². The Labute approximate surface area is 190 Å². The van der Waals surface area contributed by atoms with E-state index in [1.165, 1.54) is 30.3 Å². The van der Waals surface area contributed by atoms with Gasteiger partial charge in [0.1, 0.15) is 17.6 Å². The maximum atomic E-state index is 14.5. The SMILES string of the molecule is O=C(CCc1cc(-c2ccc(C(F)(F)F)nc2F)[nH]c1-c1ccc(F)cc1)NC1CCNC1=O. The van der Waals surface area contributed by atoms with E-state index < -0.39 is 29.7 Å². The van der Waals surface area contributed by atoms with Gasteiger partial charge in [-0.2, -0.15) is 17.6 Å². The summed E-state index contributed by atoms with van der Waals surface area (Å²) in [6, 6.07) is 7.99. The lowest BCUT2D eigenvalue weighted by Crippen LogP contribution is -2.40. The molecule has 11 heteroatoms. The molecule has 1 saturated heterocycles. The molecule has 1 atom stereocenters. The van der Waals surface area contributed by atoms with Gasteiger partial charge in [0.25, 0.3) is 0 Å². The number of nitrogens with zero attached hydrogens (tertiary/aromatic N) is 1. The zero-order valence-electron chi connectivity index (χ0n) is 17.6. The summed E-state index contributed by atoms with van der Waals surface area (Å²) in [4.78, 5) is 30.0. The molecule has 1 unspecified atom stereocenters. The van der Waals surface area contributed by atoms with Gasteiger partial charge in [0, 0.05) is 18.7 Å². The first-order valence-corrected chi connectivity index (χ1v) is 10.4. The lowest BCUT2D eigenvalue weighted by atomic mass is 10.0. The molecule has 2 amide bonds. The standard InChI is InChI=1S/C23H19F5N4O2/c24-14-4-1-12(2-5-14)20-13(3-8-19(33)30-16-9-10-29-22(16)34)11-17(31-20)15-6-7-18(23(26,27)28)32-21(15)25/h1-2,4-7,11,16,31H,3,8-10H2,(H,29,34)(H,30,33). The summed E-state index contributed by atoms with van der Waals surface area (Å²) < 4.78 is 66.4. The molecular formula is C23H19F5N4O2.